The second-order valence-corrected chi connectivity index (χ2v) is 4.43. The van der Waals surface area contributed by atoms with Gasteiger partial charge in [0, 0.05) is 20.2 Å². The molecule has 19 heavy (non-hydrogen) atoms. The Balaban J connectivity index is 2.50. The van der Waals surface area contributed by atoms with E-state index in [0.29, 0.717) is 17.4 Å². The summed E-state index contributed by atoms with van der Waals surface area (Å²) in [5, 5.41) is 22.5. The van der Waals surface area contributed by atoms with Crippen molar-refractivity contribution < 1.29 is 9.90 Å². The molecule has 1 rings (SSSR count). The first-order chi connectivity index (χ1) is 9.21. The molecule has 0 saturated heterocycles. The van der Waals surface area contributed by atoms with Gasteiger partial charge in [-0.3, -0.25) is 4.79 Å². The lowest BCUT2D eigenvalue weighted by Gasteiger charge is -2.15. The Morgan fingerprint density at radius 3 is 2.68 bits per heavy atom. The third-order valence-electron chi connectivity index (χ3n) is 2.93. The van der Waals surface area contributed by atoms with Crippen LogP contribution in [0.2, 0.25) is 0 Å². The van der Waals surface area contributed by atoms with Crippen LogP contribution in [0.1, 0.15) is 36.7 Å². The van der Waals surface area contributed by atoms with Crippen molar-refractivity contribution in [2.45, 2.75) is 26.2 Å². The molecule has 0 spiro atoms. The van der Waals surface area contributed by atoms with E-state index in [1.54, 1.807) is 19.2 Å². The molecule has 0 aliphatic carbocycles. The van der Waals surface area contributed by atoms with Gasteiger partial charge >= 0.3 is 0 Å². The molecule has 106 valence electrons. The van der Waals surface area contributed by atoms with E-state index in [1.807, 2.05) is 0 Å². The van der Waals surface area contributed by atoms with Gasteiger partial charge < -0.3 is 15.7 Å². The summed E-state index contributed by atoms with van der Waals surface area (Å²) >= 11 is 0. The number of aliphatic hydroxyl groups is 1. The number of nitrogens with zero attached hydrogens (tertiary/aromatic N) is 2. The summed E-state index contributed by atoms with van der Waals surface area (Å²) in [5.74, 6) is 0.824. The molecular weight excluding hydrogens is 244 g/mol. The Morgan fingerprint density at radius 1 is 1.37 bits per heavy atom. The van der Waals surface area contributed by atoms with Crippen LogP contribution in [-0.2, 0) is 0 Å². The minimum Gasteiger partial charge on any atom is -0.396 e. The Morgan fingerprint density at radius 2 is 2.16 bits per heavy atom. The number of anilines is 1. The van der Waals surface area contributed by atoms with E-state index in [2.05, 4.69) is 27.8 Å². The molecular formula is C13H22N4O2. The lowest BCUT2D eigenvalue weighted by atomic mass is 10.0. The van der Waals surface area contributed by atoms with Crippen molar-refractivity contribution in [2.75, 3.05) is 25.5 Å². The average Bonchev–Trinajstić information content (AvgIpc) is 2.45. The number of nitrogens with one attached hydrogen (secondary N) is 2. The molecule has 1 aromatic rings. The van der Waals surface area contributed by atoms with Crippen molar-refractivity contribution in [1.29, 1.82) is 0 Å². The molecule has 0 aliphatic rings. The average molecular weight is 266 g/mol. The normalized spacial score (nSPS) is 11.9. The number of carbonyl (C=O) groups is 1. The van der Waals surface area contributed by atoms with Gasteiger partial charge in [0.1, 0.15) is 5.82 Å². The maximum atomic E-state index is 11.3. The van der Waals surface area contributed by atoms with E-state index < -0.39 is 0 Å². The SMILES string of the molecule is CCCC(CCO)CNc1ccc(C(=O)NC)nn1. The summed E-state index contributed by atoms with van der Waals surface area (Å²) in [6, 6.07) is 3.37. The third-order valence-corrected chi connectivity index (χ3v) is 2.93. The first-order valence-corrected chi connectivity index (χ1v) is 6.61. The maximum absolute atomic E-state index is 11.3. The maximum Gasteiger partial charge on any atom is 0.271 e. The topological polar surface area (TPSA) is 87.1 Å². The standard InChI is InChI=1S/C13H22N4O2/c1-3-4-10(7-8-18)9-15-12-6-5-11(16-17-12)13(19)14-2/h5-6,10,18H,3-4,7-9H2,1-2H3,(H,14,19)(H,15,17). The van der Waals surface area contributed by atoms with Gasteiger partial charge in [-0.25, -0.2) is 0 Å². The van der Waals surface area contributed by atoms with Gasteiger partial charge in [-0.2, -0.15) is 0 Å². The van der Waals surface area contributed by atoms with Crippen molar-refractivity contribution in [1.82, 2.24) is 15.5 Å². The fourth-order valence-electron chi connectivity index (χ4n) is 1.86. The van der Waals surface area contributed by atoms with Crippen LogP contribution in [0.4, 0.5) is 5.82 Å². The first-order valence-electron chi connectivity index (χ1n) is 6.61. The molecule has 0 aromatic carbocycles. The number of aliphatic hydroxyl groups excluding tert-OH is 1. The van der Waals surface area contributed by atoms with Gasteiger partial charge in [-0.1, -0.05) is 13.3 Å². The van der Waals surface area contributed by atoms with E-state index in [4.69, 9.17) is 5.11 Å². The highest BCUT2D eigenvalue weighted by Gasteiger charge is 2.09. The predicted octanol–water partition coefficient (Wildman–Crippen LogP) is 1.05. The molecule has 0 saturated carbocycles. The molecule has 0 radical (unpaired) electrons. The largest absolute Gasteiger partial charge is 0.396 e. The highest BCUT2D eigenvalue weighted by molar-refractivity contribution is 5.91. The fourth-order valence-corrected chi connectivity index (χ4v) is 1.86. The van der Waals surface area contributed by atoms with Crippen molar-refractivity contribution in [3.63, 3.8) is 0 Å². The highest BCUT2D eigenvalue weighted by atomic mass is 16.3. The minimum atomic E-state index is -0.247. The molecule has 6 nitrogen and oxygen atoms in total. The lowest BCUT2D eigenvalue weighted by Crippen LogP contribution is -2.20. The van der Waals surface area contributed by atoms with Gasteiger partial charge in [-0.15, -0.1) is 10.2 Å². The monoisotopic (exact) mass is 266 g/mol. The lowest BCUT2D eigenvalue weighted by molar-refractivity contribution is 0.0957. The molecule has 1 aromatic heterocycles. The van der Waals surface area contributed by atoms with Crippen LogP contribution in [0.25, 0.3) is 0 Å². The van der Waals surface area contributed by atoms with E-state index in [1.165, 1.54) is 0 Å². The number of aromatic nitrogens is 2. The summed E-state index contributed by atoms with van der Waals surface area (Å²) in [7, 11) is 1.56. The Kier molecular flexibility index (Phi) is 6.81. The Labute approximate surface area is 113 Å². The van der Waals surface area contributed by atoms with Crippen LogP contribution in [0.3, 0.4) is 0 Å². The van der Waals surface area contributed by atoms with Gasteiger partial charge in [0.15, 0.2) is 5.69 Å². The molecule has 0 aliphatic heterocycles. The summed E-state index contributed by atoms with van der Waals surface area (Å²) in [5.41, 5.74) is 0.300. The van der Waals surface area contributed by atoms with E-state index in [-0.39, 0.29) is 12.5 Å². The fraction of sp³-hybridized carbons (Fsp3) is 0.615. The predicted molar refractivity (Wildman–Crippen MR) is 74.0 cm³/mol. The molecule has 0 bridgehead atoms. The van der Waals surface area contributed by atoms with Crippen LogP contribution in [0.15, 0.2) is 12.1 Å². The number of rotatable bonds is 8. The van der Waals surface area contributed by atoms with Gasteiger partial charge in [0.25, 0.3) is 5.91 Å². The smallest absolute Gasteiger partial charge is 0.271 e. The summed E-state index contributed by atoms with van der Waals surface area (Å²) in [6.07, 6.45) is 2.94. The van der Waals surface area contributed by atoms with Crippen molar-refractivity contribution in [3.8, 4) is 0 Å². The van der Waals surface area contributed by atoms with Crippen LogP contribution >= 0.6 is 0 Å². The van der Waals surface area contributed by atoms with E-state index in [0.717, 1.165) is 25.8 Å². The first kappa shape index (κ1) is 15.4. The Hall–Kier alpha value is -1.69. The van der Waals surface area contributed by atoms with E-state index in [9.17, 15) is 4.79 Å². The number of hydrogen-bond acceptors (Lipinski definition) is 5. The molecule has 1 amide bonds. The summed E-state index contributed by atoms with van der Waals surface area (Å²) in [6.45, 7) is 3.08. The number of hydrogen-bond donors (Lipinski definition) is 3. The van der Waals surface area contributed by atoms with Crippen LogP contribution in [0, 0.1) is 5.92 Å². The molecule has 1 heterocycles. The van der Waals surface area contributed by atoms with E-state index >= 15 is 0 Å². The van der Waals surface area contributed by atoms with Crippen molar-refractivity contribution in [2.24, 2.45) is 5.92 Å². The van der Waals surface area contributed by atoms with Crippen molar-refractivity contribution >= 4 is 11.7 Å². The third kappa shape index (κ3) is 5.21. The van der Waals surface area contributed by atoms with Crippen molar-refractivity contribution in [3.05, 3.63) is 17.8 Å². The molecule has 1 unspecified atom stereocenters. The zero-order valence-corrected chi connectivity index (χ0v) is 11.5. The number of amides is 1. The molecule has 3 N–H and O–H groups in total. The second kappa shape index (κ2) is 8.42. The highest BCUT2D eigenvalue weighted by Crippen LogP contribution is 2.12. The summed E-state index contributed by atoms with van der Waals surface area (Å²) < 4.78 is 0. The van der Waals surface area contributed by atoms with Gasteiger partial charge in [0.05, 0.1) is 0 Å². The quantitative estimate of drug-likeness (QED) is 0.654. The van der Waals surface area contributed by atoms with Crippen LogP contribution in [0.5, 0.6) is 0 Å². The number of carbonyl (C=O) groups excluding carboxylic acids is 1. The van der Waals surface area contributed by atoms with Gasteiger partial charge in [0.2, 0.25) is 0 Å². The Bertz CT molecular complexity index is 375. The van der Waals surface area contributed by atoms with Crippen LogP contribution < -0.4 is 10.6 Å². The zero-order valence-electron chi connectivity index (χ0n) is 11.5. The summed E-state index contributed by atoms with van der Waals surface area (Å²) in [4.78, 5) is 11.3. The van der Waals surface area contributed by atoms with Crippen LogP contribution in [-0.4, -0.2) is 41.4 Å². The van der Waals surface area contributed by atoms with Gasteiger partial charge in [-0.05, 0) is 30.9 Å². The second-order valence-electron chi connectivity index (χ2n) is 4.43. The zero-order chi connectivity index (χ0) is 14.1. The molecule has 1 atom stereocenters. The molecule has 0 fully saturated rings. The molecule has 6 heteroatoms. The minimum absolute atomic E-state index is 0.202.